The summed E-state index contributed by atoms with van der Waals surface area (Å²) in [5.74, 6) is 2.33. The molecule has 0 bridgehead atoms. The Balaban J connectivity index is 1.67. The van der Waals surface area contributed by atoms with Crippen molar-refractivity contribution in [1.29, 1.82) is 0 Å². The maximum Gasteiger partial charge on any atom is 0.0681 e. The van der Waals surface area contributed by atoms with Gasteiger partial charge in [0.15, 0.2) is 0 Å². The number of rotatable bonds is 3. The van der Waals surface area contributed by atoms with Crippen molar-refractivity contribution >= 4 is 0 Å². The fraction of sp³-hybridized carbons (Fsp3) is 1.00. The summed E-state index contributed by atoms with van der Waals surface area (Å²) in [4.78, 5) is 0. The van der Waals surface area contributed by atoms with Crippen LogP contribution in [0.2, 0.25) is 0 Å². The van der Waals surface area contributed by atoms with E-state index in [9.17, 15) is 5.11 Å². The van der Waals surface area contributed by atoms with Gasteiger partial charge in [-0.15, -0.1) is 0 Å². The van der Waals surface area contributed by atoms with Crippen LogP contribution in [0, 0.1) is 17.8 Å². The molecule has 0 aromatic carbocycles. The van der Waals surface area contributed by atoms with Crippen molar-refractivity contribution in [3.63, 3.8) is 0 Å². The second-order valence-electron chi connectivity index (χ2n) is 7.71. The van der Waals surface area contributed by atoms with Gasteiger partial charge >= 0.3 is 0 Å². The summed E-state index contributed by atoms with van der Waals surface area (Å²) in [5.41, 5.74) is -0.282. The highest BCUT2D eigenvalue weighted by Gasteiger charge is 2.44. The van der Waals surface area contributed by atoms with Crippen LogP contribution in [-0.2, 0) is 0 Å². The average Bonchev–Trinajstić information content (AvgIpc) is 2.92. The third kappa shape index (κ3) is 3.17. The van der Waals surface area contributed by atoms with Crippen molar-refractivity contribution in [3.8, 4) is 0 Å². The highest BCUT2D eigenvalue weighted by molar-refractivity contribution is 4.95. The van der Waals surface area contributed by atoms with Gasteiger partial charge in [-0.1, -0.05) is 70.6 Å². The van der Waals surface area contributed by atoms with E-state index in [0.717, 1.165) is 24.7 Å². The van der Waals surface area contributed by atoms with E-state index >= 15 is 0 Å². The zero-order valence-electron chi connectivity index (χ0n) is 12.6. The van der Waals surface area contributed by atoms with Gasteiger partial charge in [-0.25, -0.2) is 0 Å². The van der Waals surface area contributed by atoms with Crippen LogP contribution < -0.4 is 0 Å². The lowest BCUT2D eigenvalue weighted by Crippen LogP contribution is -2.46. The summed E-state index contributed by atoms with van der Waals surface area (Å²) in [7, 11) is 0. The lowest BCUT2D eigenvalue weighted by molar-refractivity contribution is -0.0919. The highest BCUT2D eigenvalue weighted by Crippen LogP contribution is 2.48. The molecule has 110 valence electrons. The minimum atomic E-state index is -0.282. The molecule has 3 fully saturated rings. The smallest absolute Gasteiger partial charge is 0.0681 e. The van der Waals surface area contributed by atoms with Crippen molar-refractivity contribution in [2.45, 2.75) is 95.5 Å². The van der Waals surface area contributed by atoms with Crippen molar-refractivity contribution in [3.05, 3.63) is 0 Å². The third-order valence-electron chi connectivity index (χ3n) is 6.40. The van der Waals surface area contributed by atoms with Crippen LogP contribution >= 0.6 is 0 Å². The Labute approximate surface area is 119 Å². The Morgan fingerprint density at radius 2 is 1.37 bits per heavy atom. The molecule has 0 radical (unpaired) electrons. The predicted molar refractivity (Wildman–Crippen MR) is 80.1 cm³/mol. The first-order valence-electron chi connectivity index (χ1n) is 9.00. The van der Waals surface area contributed by atoms with Crippen molar-refractivity contribution < 1.29 is 5.11 Å². The first-order valence-corrected chi connectivity index (χ1v) is 9.00. The van der Waals surface area contributed by atoms with E-state index in [-0.39, 0.29) is 5.60 Å². The molecule has 1 heteroatoms. The maximum absolute atomic E-state index is 11.3. The summed E-state index contributed by atoms with van der Waals surface area (Å²) in [6.45, 7) is 0. The topological polar surface area (TPSA) is 20.2 Å². The Morgan fingerprint density at radius 3 is 2.11 bits per heavy atom. The van der Waals surface area contributed by atoms with E-state index in [1.807, 2.05) is 0 Å². The molecule has 3 aliphatic rings. The number of aliphatic hydroxyl groups is 1. The van der Waals surface area contributed by atoms with Gasteiger partial charge in [-0.05, 0) is 37.0 Å². The Kier molecular flexibility index (Phi) is 4.51. The maximum atomic E-state index is 11.3. The van der Waals surface area contributed by atoms with Gasteiger partial charge in [0.1, 0.15) is 0 Å². The molecule has 1 N–H and O–H groups in total. The molecule has 0 amide bonds. The Hall–Kier alpha value is -0.0400. The van der Waals surface area contributed by atoms with Crippen LogP contribution in [0.1, 0.15) is 89.9 Å². The highest BCUT2D eigenvalue weighted by atomic mass is 16.3. The van der Waals surface area contributed by atoms with Crippen LogP contribution in [0.15, 0.2) is 0 Å². The Bertz CT molecular complexity index is 275. The molecule has 0 aromatic rings. The zero-order valence-corrected chi connectivity index (χ0v) is 12.6. The van der Waals surface area contributed by atoms with Gasteiger partial charge in [-0.2, -0.15) is 0 Å². The summed E-state index contributed by atoms with van der Waals surface area (Å²) in [5, 5.41) is 11.3. The summed E-state index contributed by atoms with van der Waals surface area (Å²) < 4.78 is 0. The number of hydrogen-bond acceptors (Lipinski definition) is 1. The molecule has 2 unspecified atom stereocenters. The van der Waals surface area contributed by atoms with Crippen molar-refractivity contribution in [1.82, 2.24) is 0 Å². The van der Waals surface area contributed by atoms with Gasteiger partial charge in [0.25, 0.3) is 0 Å². The molecule has 2 atom stereocenters. The normalized spacial score (nSPS) is 38.7. The lowest BCUT2D eigenvalue weighted by Gasteiger charge is -2.46. The van der Waals surface area contributed by atoms with E-state index in [1.165, 1.54) is 77.0 Å². The summed E-state index contributed by atoms with van der Waals surface area (Å²) in [6, 6.07) is 0. The summed E-state index contributed by atoms with van der Waals surface area (Å²) in [6.07, 6.45) is 18.9. The molecule has 3 aliphatic carbocycles. The first kappa shape index (κ1) is 13.9. The molecule has 0 heterocycles. The SMILES string of the molecule is OC1(CC2CCCC2)CCCCC1C1CCCCC1. The zero-order chi connectivity index (χ0) is 13.1. The molecule has 19 heavy (non-hydrogen) atoms. The number of hydrogen-bond donors (Lipinski definition) is 1. The van der Waals surface area contributed by atoms with Gasteiger partial charge in [-0.3, -0.25) is 0 Å². The second-order valence-corrected chi connectivity index (χ2v) is 7.71. The molecular formula is C18H32O. The van der Waals surface area contributed by atoms with Crippen LogP contribution in [0.5, 0.6) is 0 Å². The first-order chi connectivity index (χ1) is 9.28. The predicted octanol–water partition coefficient (Wildman–Crippen LogP) is 5.07. The molecular weight excluding hydrogens is 232 g/mol. The van der Waals surface area contributed by atoms with Gasteiger partial charge in [0.05, 0.1) is 5.60 Å². The van der Waals surface area contributed by atoms with E-state index in [4.69, 9.17) is 0 Å². The standard InChI is InChI=1S/C18H32O/c19-18(14-15-8-4-5-9-15)13-7-6-12-17(18)16-10-2-1-3-11-16/h15-17,19H,1-14H2. The van der Waals surface area contributed by atoms with E-state index < -0.39 is 0 Å². The Morgan fingerprint density at radius 1 is 0.737 bits per heavy atom. The van der Waals surface area contributed by atoms with E-state index in [0.29, 0.717) is 5.92 Å². The van der Waals surface area contributed by atoms with Gasteiger partial charge < -0.3 is 5.11 Å². The minimum Gasteiger partial charge on any atom is -0.390 e. The molecule has 0 aromatic heterocycles. The molecule has 3 saturated carbocycles. The largest absolute Gasteiger partial charge is 0.390 e. The molecule has 0 spiro atoms. The van der Waals surface area contributed by atoms with Crippen LogP contribution in [0.25, 0.3) is 0 Å². The lowest BCUT2D eigenvalue weighted by atomic mass is 9.63. The van der Waals surface area contributed by atoms with Crippen molar-refractivity contribution in [2.75, 3.05) is 0 Å². The fourth-order valence-corrected chi connectivity index (χ4v) is 5.43. The molecule has 1 nitrogen and oxygen atoms in total. The monoisotopic (exact) mass is 264 g/mol. The third-order valence-corrected chi connectivity index (χ3v) is 6.40. The molecule has 3 rings (SSSR count). The fourth-order valence-electron chi connectivity index (χ4n) is 5.43. The van der Waals surface area contributed by atoms with Gasteiger partial charge in [0.2, 0.25) is 0 Å². The van der Waals surface area contributed by atoms with Gasteiger partial charge in [0, 0.05) is 0 Å². The van der Waals surface area contributed by atoms with Crippen LogP contribution in [-0.4, -0.2) is 10.7 Å². The second kappa shape index (κ2) is 6.16. The minimum absolute atomic E-state index is 0.282. The average molecular weight is 264 g/mol. The van der Waals surface area contributed by atoms with E-state index in [2.05, 4.69) is 0 Å². The van der Waals surface area contributed by atoms with E-state index in [1.54, 1.807) is 0 Å². The molecule has 0 aliphatic heterocycles. The van der Waals surface area contributed by atoms with Crippen molar-refractivity contribution in [2.24, 2.45) is 17.8 Å². The molecule has 0 saturated heterocycles. The summed E-state index contributed by atoms with van der Waals surface area (Å²) >= 11 is 0. The quantitative estimate of drug-likeness (QED) is 0.754. The van der Waals surface area contributed by atoms with Crippen LogP contribution in [0.4, 0.5) is 0 Å². The van der Waals surface area contributed by atoms with Crippen LogP contribution in [0.3, 0.4) is 0 Å².